The van der Waals surface area contributed by atoms with Crippen molar-refractivity contribution in [2.24, 2.45) is 0 Å². The summed E-state index contributed by atoms with van der Waals surface area (Å²) in [6, 6.07) is 0. The standard InChI is InChI=1S/C12H22O2/c1-4-7-9-11(6-3)12(13)14-10-8-5-2/h9H,4-8,10H2,1-3H3/b11-9+. The van der Waals surface area contributed by atoms with Crippen LogP contribution in [0.25, 0.3) is 0 Å². The smallest absolute Gasteiger partial charge is 0.333 e. The normalized spacial score (nSPS) is 11.5. The number of carbonyl (C=O) groups is 1. The lowest BCUT2D eigenvalue weighted by atomic mass is 10.1. The summed E-state index contributed by atoms with van der Waals surface area (Å²) < 4.78 is 5.13. The van der Waals surface area contributed by atoms with Crippen molar-refractivity contribution in [3.05, 3.63) is 11.6 Å². The van der Waals surface area contributed by atoms with Crippen molar-refractivity contribution in [1.82, 2.24) is 0 Å². The molecule has 0 aromatic heterocycles. The van der Waals surface area contributed by atoms with E-state index in [1.54, 1.807) is 0 Å². The molecule has 2 nitrogen and oxygen atoms in total. The monoisotopic (exact) mass is 198 g/mol. The van der Waals surface area contributed by atoms with Crippen LogP contribution in [0, 0.1) is 0 Å². The minimum atomic E-state index is -0.130. The first kappa shape index (κ1) is 13.2. The van der Waals surface area contributed by atoms with Gasteiger partial charge < -0.3 is 4.74 Å². The van der Waals surface area contributed by atoms with Crippen molar-refractivity contribution < 1.29 is 9.53 Å². The maximum atomic E-state index is 11.5. The van der Waals surface area contributed by atoms with E-state index in [1.165, 1.54) is 0 Å². The molecule has 0 amide bonds. The van der Waals surface area contributed by atoms with Crippen LogP contribution in [0.15, 0.2) is 11.6 Å². The molecule has 0 spiro atoms. The highest BCUT2D eigenvalue weighted by Gasteiger charge is 2.07. The van der Waals surface area contributed by atoms with E-state index < -0.39 is 0 Å². The van der Waals surface area contributed by atoms with Crippen LogP contribution in [-0.2, 0) is 9.53 Å². The lowest BCUT2D eigenvalue weighted by Crippen LogP contribution is -2.08. The zero-order valence-corrected chi connectivity index (χ0v) is 9.64. The van der Waals surface area contributed by atoms with Crippen molar-refractivity contribution in [2.45, 2.75) is 52.9 Å². The molecule has 82 valence electrons. The molecular formula is C12H22O2. The number of carbonyl (C=O) groups excluding carboxylic acids is 1. The Kier molecular flexibility index (Phi) is 8.30. The number of hydrogen-bond acceptors (Lipinski definition) is 2. The molecule has 0 saturated carbocycles. The van der Waals surface area contributed by atoms with Gasteiger partial charge in [0, 0.05) is 5.57 Å². The summed E-state index contributed by atoms with van der Waals surface area (Å²) in [4.78, 5) is 11.5. The quantitative estimate of drug-likeness (QED) is 0.356. The number of esters is 1. The predicted octanol–water partition coefficient (Wildman–Crippen LogP) is 3.47. The summed E-state index contributed by atoms with van der Waals surface area (Å²) >= 11 is 0. The Hall–Kier alpha value is -0.790. The van der Waals surface area contributed by atoms with Crippen LogP contribution >= 0.6 is 0 Å². The summed E-state index contributed by atoms with van der Waals surface area (Å²) in [7, 11) is 0. The van der Waals surface area contributed by atoms with Gasteiger partial charge in [0.25, 0.3) is 0 Å². The van der Waals surface area contributed by atoms with Crippen LogP contribution in [-0.4, -0.2) is 12.6 Å². The topological polar surface area (TPSA) is 26.3 Å². The van der Waals surface area contributed by atoms with E-state index in [0.717, 1.165) is 37.7 Å². The first-order valence-corrected chi connectivity index (χ1v) is 5.62. The Bertz CT molecular complexity index is 183. The molecule has 0 unspecified atom stereocenters. The zero-order valence-electron chi connectivity index (χ0n) is 9.64. The lowest BCUT2D eigenvalue weighted by Gasteiger charge is -2.05. The highest BCUT2D eigenvalue weighted by molar-refractivity contribution is 5.88. The van der Waals surface area contributed by atoms with Crippen molar-refractivity contribution in [1.29, 1.82) is 0 Å². The first-order valence-electron chi connectivity index (χ1n) is 5.62. The molecule has 0 aliphatic rings. The first-order chi connectivity index (χ1) is 6.76. The van der Waals surface area contributed by atoms with Gasteiger partial charge in [-0.05, 0) is 19.3 Å². The average molecular weight is 198 g/mol. The Labute approximate surface area is 87.3 Å². The molecule has 0 aliphatic heterocycles. The van der Waals surface area contributed by atoms with Crippen LogP contribution in [0.3, 0.4) is 0 Å². The van der Waals surface area contributed by atoms with Gasteiger partial charge in [-0.25, -0.2) is 4.79 Å². The van der Waals surface area contributed by atoms with Gasteiger partial charge in [-0.1, -0.05) is 39.7 Å². The summed E-state index contributed by atoms with van der Waals surface area (Å²) in [6.07, 6.45) is 6.82. The summed E-state index contributed by atoms with van der Waals surface area (Å²) in [5, 5.41) is 0. The van der Waals surface area contributed by atoms with Gasteiger partial charge in [0.1, 0.15) is 0 Å². The fourth-order valence-corrected chi connectivity index (χ4v) is 1.09. The number of allylic oxidation sites excluding steroid dienone is 1. The second-order valence-electron chi connectivity index (χ2n) is 3.36. The van der Waals surface area contributed by atoms with E-state index in [1.807, 2.05) is 13.0 Å². The molecule has 0 saturated heterocycles. The van der Waals surface area contributed by atoms with Crippen molar-refractivity contribution >= 4 is 5.97 Å². The molecule has 0 fully saturated rings. The maximum Gasteiger partial charge on any atom is 0.333 e. The van der Waals surface area contributed by atoms with Gasteiger partial charge in [-0.3, -0.25) is 0 Å². The molecule has 0 bridgehead atoms. The lowest BCUT2D eigenvalue weighted by molar-refractivity contribution is -0.139. The van der Waals surface area contributed by atoms with Crippen molar-refractivity contribution in [3.8, 4) is 0 Å². The third-order valence-electron chi connectivity index (χ3n) is 2.05. The van der Waals surface area contributed by atoms with E-state index in [4.69, 9.17) is 4.74 Å². The highest BCUT2D eigenvalue weighted by Crippen LogP contribution is 2.06. The Balaban J connectivity index is 3.91. The van der Waals surface area contributed by atoms with Gasteiger partial charge in [0.15, 0.2) is 0 Å². The average Bonchev–Trinajstić information content (AvgIpc) is 2.19. The third kappa shape index (κ3) is 5.79. The molecule has 2 heteroatoms. The van der Waals surface area contributed by atoms with Crippen LogP contribution in [0.1, 0.15) is 52.9 Å². The Morgan fingerprint density at radius 3 is 2.43 bits per heavy atom. The minimum absolute atomic E-state index is 0.130. The summed E-state index contributed by atoms with van der Waals surface area (Å²) in [6.45, 7) is 6.73. The SMILES string of the molecule is CCC/C=C(\CC)C(=O)OCCCC. The van der Waals surface area contributed by atoms with Crippen LogP contribution in [0.4, 0.5) is 0 Å². The van der Waals surface area contributed by atoms with E-state index in [0.29, 0.717) is 6.61 Å². The van der Waals surface area contributed by atoms with E-state index >= 15 is 0 Å². The highest BCUT2D eigenvalue weighted by atomic mass is 16.5. The molecule has 0 rings (SSSR count). The molecule has 0 aliphatic carbocycles. The summed E-state index contributed by atoms with van der Waals surface area (Å²) in [5.74, 6) is -0.130. The van der Waals surface area contributed by atoms with Gasteiger partial charge >= 0.3 is 5.97 Å². The fraction of sp³-hybridized carbons (Fsp3) is 0.750. The number of hydrogen-bond donors (Lipinski definition) is 0. The largest absolute Gasteiger partial charge is 0.462 e. The van der Waals surface area contributed by atoms with Gasteiger partial charge in [-0.2, -0.15) is 0 Å². The second kappa shape index (κ2) is 8.79. The van der Waals surface area contributed by atoms with Gasteiger partial charge in [0.05, 0.1) is 6.61 Å². The fourth-order valence-electron chi connectivity index (χ4n) is 1.09. The number of unbranched alkanes of at least 4 members (excludes halogenated alkanes) is 2. The van der Waals surface area contributed by atoms with E-state index in [9.17, 15) is 4.79 Å². The molecular weight excluding hydrogens is 176 g/mol. The molecule has 0 N–H and O–H groups in total. The Morgan fingerprint density at radius 2 is 1.93 bits per heavy atom. The van der Waals surface area contributed by atoms with Gasteiger partial charge in [-0.15, -0.1) is 0 Å². The van der Waals surface area contributed by atoms with Crippen LogP contribution in [0.5, 0.6) is 0 Å². The zero-order chi connectivity index (χ0) is 10.8. The maximum absolute atomic E-state index is 11.5. The van der Waals surface area contributed by atoms with E-state index in [2.05, 4.69) is 13.8 Å². The molecule has 0 radical (unpaired) electrons. The number of ether oxygens (including phenoxy) is 1. The molecule has 0 aromatic carbocycles. The second-order valence-corrected chi connectivity index (χ2v) is 3.36. The van der Waals surface area contributed by atoms with Crippen LogP contribution < -0.4 is 0 Å². The third-order valence-corrected chi connectivity index (χ3v) is 2.05. The van der Waals surface area contributed by atoms with E-state index in [-0.39, 0.29) is 5.97 Å². The van der Waals surface area contributed by atoms with Crippen LogP contribution in [0.2, 0.25) is 0 Å². The predicted molar refractivity (Wildman–Crippen MR) is 59.1 cm³/mol. The number of rotatable bonds is 7. The molecule has 14 heavy (non-hydrogen) atoms. The van der Waals surface area contributed by atoms with Crippen molar-refractivity contribution in [3.63, 3.8) is 0 Å². The summed E-state index contributed by atoms with van der Waals surface area (Å²) in [5.41, 5.74) is 0.822. The molecule has 0 atom stereocenters. The minimum Gasteiger partial charge on any atom is -0.462 e. The molecule has 0 aromatic rings. The molecule has 0 heterocycles. The Morgan fingerprint density at radius 1 is 1.21 bits per heavy atom. The van der Waals surface area contributed by atoms with Gasteiger partial charge in [0.2, 0.25) is 0 Å². The van der Waals surface area contributed by atoms with Crippen molar-refractivity contribution in [2.75, 3.05) is 6.61 Å².